The van der Waals surface area contributed by atoms with Crippen LogP contribution in [-0.2, 0) is 0 Å². The molecular weight excluding hydrogens is 192 g/mol. The summed E-state index contributed by atoms with van der Waals surface area (Å²) in [4.78, 5) is 5.89. The Morgan fingerprint density at radius 1 is 1.57 bits per heavy atom. The fourth-order valence-electron chi connectivity index (χ4n) is 2.01. The molecule has 0 bridgehead atoms. The lowest BCUT2D eigenvalue weighted by molar-refractivity contribution is 0.716. The van der Waals surface area contributed by atoms with Crippen LogP contribution in [0.3, 0.4) is 0 Å². The summed E-state index contributed by atoms with van der Waals surface area (Å²) >= 11 is 1.87. The van der Waals surface area contributed by atoms with Gasteiger partial charge in [-0.15, -0.1) is 11.3 Å². The zero-order valence-corrected chi connectivity index (χ0v) is 9.52. The highest BCUT2D eigenvalue weighted by Gasteiger charge is 2.20. The third-order valence-corrected chi connectivity index (χ3v) is 4.48. The Bertz CT molecular complexity index is 289. The minimum atomic E-state index is 0.475. The molecule has 0 aromatic carbocycles. The summed E-state index contributed by atoms with van der Waals surface area (Å²) in [7, 11) is 0. The van der Waals surface area contributed by atoms with Gasteiger partial charge in [-0.3, -0.25) is 0 Å². The number of rotatable bonds is 3. The molecule has 0 spiro atoms. The van der Waals surface area contributed by atoms with Gasteiger partial charge in [0.25, 0.3) is 0 Å². The van der Waals surface area contributed by atoms with Crippen molar-refractivity contribution < 1.29 is 0 Å². The van der Waals surface area contributed by atoms with Gasteiger partial charge in [0.1, 0.15) is 0 Å². The van der Waals surface area contributed by atoms with Crippen LogP contribution in [0.15, 0.2) is 6.20 Å². The van der Waals surface area contributed by atoms with E-state index in [0.717, 1.165) is 12.5 Å². The van der Waals surface area contributed by atoms with Gasteiger partial charge < -0.3 is 5.73 Å². The number of nitrogens with zero attached hydrogens (tertiary/aromatic N) is 1. The number of aromatic nitrogens is 1. The van der Waals surface area contributed by atoms with Crippen LogP contribution in [0, 0.1) is 0 Å². The second kappa shape index (κ2) is 4.41. The Morgan fingerprint density at radius 2 is 2.29 bits per heavy atom. The van der Waals surface area contributed by atoms with E-state index in [4.69, 9.17) is 5.73 Å². The predicted octanol–water partition coefficient (Wildman–Crippen LogP) is 2.86. The van der Waals surface area contributed by atoms with Gasteiger partial charge in [-0.05, 0) is 19.4 Å². The molecule has 1 aromatic rings. The molecule has 1 aromatic heterocycles. The quantitative estimate of drug-likeness (QED) is 0.833. The van der Waals surface area contributed by atoms with E-state index in [1.807, 2.05) is 17.5 Å². The summed E-state index contributed by atoms with van der Waals surface area (Å²) in [6.45, 7) is 2.90. The van der Waals surface area contributed by atoms with Crippen LogP contribution in [0.4, 0.5) is 0 Å². The standard InChI is InChI=1S/C11H18N2S/c1-8(6-12)10-7-13-11(14-10)9-4-2-3-5-9/h7-9H,2-6,12H2,1H3. The average Bonchev–Trinajstić information content (AvgIpc) is 2.86. The highest BCUT2D eigenvalue weighted by molar-refractivity contribution is 7.11. The first kappa shape index (κ1) is 10.1. The normalized spacial score (nSPS) is 20.1. The number of hydrogen-bond donors (Lipinski definition) is 1. The smallest absolute Gasteiger partial charge is 0.0958 e. The summed E-state index contributed by atoms with van der Waals surface area (Å²) in [5, 5.41) is 1.35. The second-order valence-electron chi connectivity index (χ2n) is 4.22. The molecule has 2 N–H and O–H groups in total. The first-order chi connectivity index (χ1) is 6.81. The number of thiazole rings is 1. The van der Waals surface area contributed by atoms with Crippen molar-refractivity contribution in [2.75, 3.05) is 6.54 Å². The van der Waals surface area contributed by atoms with E-state index >= 15 is 0 Å². The molecule has 0 aliphatic heterocycles. The van der Waals surface area contributed by atoms with Gasteiger partial charge in [0.2, 0.25) is 0 Å². The van der Waals surface area contributed by atoms with E-state index in [-0.39, 0.29) is 0 Å². The third-order valence-electron chi connectivity index (χ3n) is 3.09. The van der Waals surface area contributed by atoms with Crippen molar-refractivity contribution >= 4 is 11.3 Å². The lowest BCUT2D eigenvalue weighted by atomic mass is 10.1. The van der Waals surface area contributed by atoms with Crippen molar-refractivity contribution in [1.82, 2.24) is 4.98 Å². The summed E-state index contributed by atoms with van der Waals surface area (Å²) in [6.07, 6.45) is 7.46. The Hall–Kier alpha value is -0.410. The largest absolute Gasteiger partial charge is 0.330 e. The molecule has 1 heterocycles. The maximum Gasteiger partial charge on any atom is 0.0958 e. The predicted molar refractivity (Wildman–Crippen MR) is 60.8 cm³/mol. The molecule has 1 aliphatic carbocycles. The van der Waals surface area contributed by atoms with E-state index in [0.29, 0.717) is 5.92 Å². The summed E-state index contributed by atoms with van der Waals surface area (Å²) in [5.41, 5.74) is 5.65. The van der Waals surface area contributed by atoms with Crippen LogP contribution in [0.5, 0.6) is 0 Å². The van der Waals surface area contributed by atoms with E-state index in [1.165, 1.54) is 35.6 Å². The second-order valence-corrected chi connectivity index (χ2v) is 5.31. The average molecular weight is 210 g/mol. The van der Waals surface area contributed by atoms with E-state index in [9.17, 15) is 0 Å². The van der Waals surface area contributed by atoms with Gasteiger partial charge in [0.05, 0.1) is 5.01 Å². The molecule has 3 heteroatoms. The summed E-state index contributed by atoms with van der Waals surface area (Å²) < 4.78 is 0. The SMILES string of the molecule is CC(CN)c1cnc(C2CCCC2)s1. The van der Waals surface area contributed by atoms with Crippen molar-refractivity contribution in [1.29, 1.82) is 0 Å². The first-order valence-corrected chi connectivity index (χ1v) is 6.28. The maximum absolute atomic E-state index is 5.65. The molecule has 1 unspecified atom stereocenters. The van der Waals surface area contributed by atoms with Crippen LogP contribution in [0.1, 0.15) is 54.3 Å². The van der Waals surface area contributed by atoms with Gasteiger partial charge in [0, 0.05) is 22.9 Å². The molecule has 0 radical (unpaired) electrons. The topological polar surface area (TPSA) is 38.9 Å². The molecule has 0 saturated heterocycles. The highest BCUT2D eigenvalue weighted by atomic mass is 32.1. The molecule has 0 amide bonds. The molecule has 78 valence electrons. The van der Waals surface area contributed by atoms with Gasteiger partial charge in [0.15, 0.2) is 0 Å². The zero-order chi connectivity index (χ0) is 9.97. The number of hydrogen-bond acceptors (Lipinski definition) is 3. The molecule has 1 atom stereocenters. The zero-order valence-electron chi connectivity index (χ0n) is 8.70. The van der Waals surface area contributed by atoms with Crippen LogP contribution in [0.2, 0.25) is 0 Å². The fraction of sp³-hybridized carbons (Fsp3) is 0.727. The van der Waals surface area contributed by atoms with E-state index in [1.54, 1.807) is 0 Å². The van der Waals surface area contributed by atoms with E-state index in [2.05, 4.69) is 11.9 Å². The van der Waals surface area contributed by atoms with Crippen LogP contribution < -0.4 is 5.73 Å². The first-order valence-electron chi connectivity index (χ1n) is 5.47. The third kappa shape index (κ3) is 1.98. The fourth-order valence-corrected chi connectivity index (χ4v) is 3.16. The lowest BCUT2D eigenvalue weighted by Gasteiger charge is -2.04. The van der Waals surface area contributed by atoms with Crippen molar-refractivity contribution in [3.8, 4) is 0 Å². The van der Waals surface area contributed by atoms with Gasteiger partial charge in [-0.1, -0.05) is 19.8 Å². The van der Waals surface area contributed by atoms with Gasteiger partial charge in [-0.25, -0.2) is 4.98 Å². The van der Waals surface area contributed by atoms with Crippen molar-refractivity contribution in [2.45, 2.75) is 44.4 Å². The lowest BCUT2D eigenvalue weighted by Crippen LogP contribution is -2.07. The van der Waals surface area contributed by atoms with Crippen molar-refractivity contribution in [2.24, 2.45) is 5.73 Å². The summed E-state index contributed by atoms with van der Waals surface area (Å²) in [6, 6.07) is 0. The maximum atomic E-state index is 5.65. The van der Waals surface area contributed by atoms with E-state index < -0.39 is 0 Å². The summed E-state index contributed by atoms with van der Waals surface area (Å²) in [5.74, 6) is 1.22. The van der Waals surface area contributed by atoms with Crippen LogP contribution in [0.25, 0.3) is 0 Å². The van der Waals surface area contributed by atoms with Crippen molar-refractivity contribution in [3.05, 3.63) is 16.1 Å². The Balaban J connectivity index is 2.08. The molecule has 14 heavy (non-hydrogen) atoms. The molecular formula is C11H18N2S. The van der Waals surface area contributed by atoms with Crippen molar-refractivity contribution in [3.63, 3.8) is 0 Å². The molecule has 2 nitrogen and oxygen atoms in total. The molecule has 1 aliphatic rings. The van der Waals surface area contributed by atoms with Gasteiger partial charge >= 0.3 is 0 Å². The minimum absolute atomic E-state index is 0.475. The molecule has 2 rings (SSSR count). The van der Waals surface area contributed by atoms with Gasteiger partial charge in [-0.2, -0.15) is 0 Å². The molecule has 1 saturated carbocycles. The minimum Gasteiger partial charge on any atom is -0.330 e. The van der Waals surface area contributed by atoms with Crippen LogP contribution >= 0.6 is 11.3 Å². The Kier molecular flexibility index (Phi) is 3.19. The number of nitrogens with two attached hydrogens (primary N) is 1. The monoisotopic (exact) mass is 210 g/mol. The Morgan fingerprint density at radius 3 is 2.93 bits per heavy atom. The van der Waals surface area contributed by atoms with Crippen LogP contribution in [-0.4, -0.2) is 11.5 Å². The Labute approximate surface area is 89.5 Å². The molecule has 1 fully saturated rings. The highest BCUT2D eigenvalue weighted by Crippen LogP contribution is 2.37.